The molecule has 4 unspecified atom stereocenters. The number of aromatic nitrogens is 2. The molecule has 0 aliphatic heterocycles. The van der Waals surface area contributed by atoms with Gasteiger partial charge in [0.25, 0.3) is 0 Å². The van der Waals surface area contributed by atoms with Crippen LogP contribution in [0, 0.1) is 17.8 Å². The van der Waals surface area contributed by atoms with Crippen LogP contribution in [0.1, 0.15) is 38.3 Å². The number of amides is 2. The highest BCUT2D eigenvalue weighted by Crippen LogP contribution is 2.49. The maximum Gasteiger partial charge on any atom is 0.319 e. The summed E-state index contributed by atoms with van der Waals surface area (Å²) in [5, 5.41) is 12.0. The van der Waals surface area contributed by atoms with Crippen molar-refractivity contribution in [2.24, 2.45) is 17.8 Å². The molecule has 4 atom stereocenters. The van der Waals surface area contributed by atoms with Gasteiger partial charge in [0.2, 0.25) is 10.0 Å². The zero-order valence-corrected chi connectivity index (χ0v) is 17.2. The van der Waals surface area contributed by atoms with Gasteiger partial charge in [0.05, 0.1) is 17.1 Å². The maximum atomic E-state index is 12.8. The summed E-state index contributed by atoms with van der Waals surface area (Å²) in [7, 11) is -3.59. The number of nitrogens with one attached hydrogen (secondary N) is 4. The third-order valence-electron chi connectivity index (χ3n) is 6.20. The lowest BCUT2D eigenvalue weighted by Crippen LogP contribution is -2.40. The molecule has 1 aromatic heterocycles. The van der Waals surface area contributed by atoms with Crippen molar-refractivity contribution in [3.05, 3.63) is 42.2 Å². The van der Waals surface area contributed by atoms with Crippen LogP contribution in [-0.4, -0.2) is 30.7 Å². The molecule has 1 aromatic carbocycles. The van der Waals surface area contributed by atoms with Crippen molar-refractivity contribution >= 4 is 21.7 Å². The zero-order chi connectivity index (χ0) is 20.4. The van der Waals surface area contributed by atoms with E-state index in [1.165, 1.54) is 31.4 Å². The number of benzene rings is 1. The Kier molecular flexibility index (Phi) is 5.60. The van der Waals surface area contributed by atoms with Crippen molar-refractivity contribution in [3.8, 4) is 0 Å². The predicted molar refractivity (Wildman–Crippen MR) is 110 cm³/mol. The number of nitrogens with zero attached hydrogens (tertiary/aromatic N) is 1. The van der Waals surface area contributed by atoms with Gasteiger partial charge >= 0.3 is 6.03 Å². The number of carbonyl (C=O) groups is 1. The van der Waals surface area contributed by atoms with E-state index in [2.05, 4.69) is 25.6 Å². The van der Waals surface area contributed by atoms with E-state index in [4.69, 9.17) is 0 Å². The van der Waals surface area contributed by atoms with Crippen molar-refractivity contribution < 1.29 is 13.2 Å². The molecule has 2 amide bonds. The number of anilines is 1. The van der Waals surface area contributed by atoms with E-state index < -0.39 is 10.0 Å². The summed E-state index contributed by atoms with van der Waals surface area (Å²) in [6.07, 6.45) is 6.51. The van der Waals surface area contributed by atoms with E-state index in [-0.39, 0.29) is 17.0 Å². The highest BCUT2D eigenvalue weighted by molar-refractivity contribution is 7.89. The van der Waals surface area contributed by atoms with Gasteiger partial charge in [0.1, 0.15) is 0 Å². The molecule has 156 valence electrons. The summed E-state index contributed by atoms with van der Waals surface area (Å²) in [4.78, 5) is 12.2. The molecular formula is C20H27N5O3S. The van der Waals surface area contributed by atoms with Crippen LogP contribution in [0.2, 0.25) is 0 Å². The van der Waals surface area contributed by atoms with Gasteiger partial charge in [-0.05, 0) is 74.3 Å². The number of rotatable bonds is 7. The molecular weight excluding hydrogens is 390 g/mol. The first-order valence-corrected chi connectivity index (χ1v) is 11.5. The summed E-state index contributed by atoms with van der Waals surface area (Å²) < 4.78 is 28.4. The van der Waals surface area contributed by atoms with Crippen LogP contribution in [0.5, 0.6) is 0 Å². The highest BCUT2D eigenvalue weighted by atomic mass is 32.2. The van der Waals surface area contributed by atoms with Crippen LogP contribution in [0.25, 0.3) is 0 Å². The lowest BCUT2D eigenvalue weighted by atomic mass is 9.84. The second-order valence-corrected chi connectivity index (χ2v) is 9.88. The lowest BCUT2D eigenvalue weighted by Gasteiger charge is -2.28. The molecule has 0 radical (unpaired) electrons. The molecule has 4 rings (SSSR count). The molecule has 1 heterocycles. The molecule has 8 nitrogen and oxygen atoms in total. The molecule has 2 aliphatic carbocycles. The van der Waals surface area contributed by atoms with Gasteiger partial charge in [0.15, 0.2) is 0 Å². The summed E-state index contributed by atoms with van der Waals surface area (Å²) in [6, 6.07) is 7.53. The molecule has 0 spiro atoms. The van der Waals surface area contributed by atoms with Gasteiger partial charge in [-0.3, -0.25) is 5.10 Å². The van der Waals surface area contributed by atoms with E-state index >= 15 is 0 Å². The van der Waals surface area contributed by atoms with E-state index in [0.717, 1.165) is 18.0 Å². The number of hydrogen-bond acceptors (Lipinski definition) is 4. The highest BCUT2D eigenvalue weighted by Gasteiger charge is 2.42. The molecule has 29 heavy (non-hydrogen) atoms. The van der Waals surface area contributed by atoms with E-state index in [9.17, 15) is 13.2 Å². The Morgan fingerprint density at radius 2 is 2.00 bits per heavy atom. The van der Waals surface area contributed by atoms with E-state index in [0.29, 0.717) is 24.1 Å². The summed E-state index contributed by atoms with van der Waals surface area (Å²) in [5.41, 5.74) is 1.31. The quantitative estimate of drug-likeness (QED) is 0.554. The van der Waals surface area contributed by atoms with Gasteiger partial charge in [-0.25, -0.2) is 17.9 Å². The Hall–Kier alpha value is -2.39. The summed E-state index contributed by atoms with van der Waals surface area (Å²) >= 11 is 0. The average molecular weight is 418 g/mol. The Bertz CT molecular complexity index is 943. The van der Waals surface area contributed by atoms with Crippen molar-refractivity contribution in [1.82, 2.24) is 20.2 Å². The zero-order valence-electron chi connectivity index (χ0n) is 16.4. The average Bonchev–Trinajstić information content (AvgIpc) is 3.44. The molecule has 9 heteroatoms. The summed E-state index contributed by atoms with van der Waals surface area (Å²) in [6.45, 7) is 2.30. The minimum absolute atomic E-state index is 0.0682. The van der Waals surface area contributed by atoms with Crippen LogP contribution < -0.4 is 15.4 Å². The normalized spacial score (nSPS) is 24.4. The number of sulfonamides is 1. The monoisotopic (exact) mass is 417 g/mol. The topological polar surface area (TPSA) is 116 Å². The maximum absolute atomic E-state index is 12.8. The van der Waals surface area contributed by atoms with Crippen LogP contribution >= 0.6 is 0 Å². The molecule has 4 N–H and O–H groups in total. The smallest absolute Gasteiger partial charge is 0.319 e. The van der Waals surface area contributed by atoms with Crippen molar-refractivity contribution in [2.45, 2.75) is 50.1 Å². The molecule has 2 fully saturated rings. The number of fused-ring (bicyclic) bond motifs is 2. The third kappa shape index (κ3) is 4.62. The summed E-state index contributed by atoms with van der Waals surface area (Å²) in [5.74, 6) is 1.87. The van der Waals surface area contributed by atoms with Gasteiger partial charge in [-0.1, -0.05) is 6.42 Å². The van der Waals surface area contributed by atoms with Gasteiger partial charge in [0, 0.05) is 17.9 Å². The predicted octanol–water partition coefficient (Wildman–Crippen LogP) is 2.83. The Morgan fingerprint density at radius 3 is 2.62 bits per heavy atom. The minimum Gasteiger partial charge on any atom is -0.332 e. The molecule has 2 bridgehead atoms. The SMILES string of the molecule is CC(NS(=O)(=O)c1ccc(NC(=O)NCc2ccn[nH]2)cc1)C1CC2CCC1C2. The fourth-order valence-electron chi connectivity index (χ4n) is 4.76. The standard InChI is InChI=1S/C20H27N5O3S/c1-13(19-11-14-2-3-15(19)10-14)25-29(27,28)18-6-4-16(5-7-18)23-20(26)21-12-17-8-9-22-24-17/h4-9,13-15,19,25H,2-3,10-12H2,1H3,(H,22,24)(H2,21,23,26). The van der Waals surface area contributed by atoms with Crippen molar-refractivity contribution in [1.29, 1.82) is 0 Å². The number of carbonyl (C=O) groups excluding carboxylic acids is 1. The largest absolute Gasteiger partial charge is 0.332 e. The van der Waals surface area contributed by atoms with Crippen LogP contribution in [0.3, 0.4) is 0 Å². The van der Waals surface area contributed by atoms with Crippen LogP contribution in [0.15, 0.2) is 41.4 Å². The number of aromatic amines is 1. The molecule has 2 aliphatic rings. The third-order valence-corrected chi connectivity index (χ3v) is 7.77. The Morgan fingerprint density at radius 1 is 1.21 bits per heavy atom. The van der Waals surface area contributed by atoms with Crippen LogP contribution in [0.4, 0.5) is 10.5 Å². The lowest BCUT2D eigenvalue weighted by molar-refractivity contribution is 0.251. The van der Waals surface area contributed by atoms with Gasteiger partial charge < -0.3 is 10.6 Å². The number of H-pyrrole nitrogens is 1. The fourth-order valence-corrected chi connectivity index (χ4v) is 6.05. The number of hydrogen-bond donors (Lipinski definition) is 4. The van der Waals surface area contributed by atoms with E-state index in [1.807, 2.05) is 6.92 Å². The molecule has 2 saturated carbocycles. The fraction of sp³-hybridized carbons (Fsp3) is 0.500. The van der Waals surface area contributed by atoms with Crippen LogP contribution in [-0.2, 0) is 16.6 Å². The Labute approximate surface area is 170 Å². The molecule has 2 aromatic rings. The second-order valence-electron chi connectivity index (χ2n) is 8.16. The van der Waals surface area contributed by atoms with Crippen molar-refractivity contribution in [3.63, 3.8) is 0 Å². The first-order chi connectivity index (χ1) is 13.9. The minimum atomic E-state index is -3.59. The second kappa shape index (κ2) is 8.16. The Balaban J connectivity index is 1.32. The van der Waals surface area contributed by atoms with Gasteiger partial charge in [-0.15, -0.1) is 0 Å². The number of urea groups is 1. The molecule has 0 saturated heterocycles. The van der Waals surface area contributed by atoms with E-state index in [1.54, 1.807) is 24.4 Å². The first-order valence-electron chi connectivity index (χ1n) is 10.1. The van der Waals surface area contributed by atoms with Crippen molar-refractivity contribution in [2.75, 3.05) is 5.32 Å². The van der Waals surface area contributed by atoms with Gasteiger partial charge in [-0.2, -0.15) is 5.10 Å². The first kappa shape index (κ1) is 19.9.